The Morgan fingerprint density at radius 3 is 2.50 bits per heavy atom. The van der Waals surface area contributed by atoms with Gasteiger partial charge in [0.05, 0.1) is 5.56 Å². The minimum atomic E-state index is -1.04. The van der Waals surface area contributed by atoms with Crippen LogP contribution in [0.1, 0.15) is 29.3 Å². The SMILES string of the molecule is CCCc1ccc(-c2ccc(F)cc2F)cc1C(=O)O. The van der Waals surface area contributed by atoms with Gasteiger partial charge in [-0.2, -0.15) is 0 Å². The van der Waals surface area contributed by atoms with Crippen LogP contribution in [0.2, 0.25) is 0 Å². The van der Waals surface area contributed by atoms with Gasteiger partial charge in [0.2, 0.25) is 0 Å². The molecule has 20 heavy (non-hydrogen) atoms. The molecule has 2 aromatic rings. The molecule has 1 N–H and O–H groups in total. The molecule has 2 aromatic carbocycles. The van der Waals surface area contributed by atoms with E-state index in [0.717, 1.165) is 18.6 Å². The fraction of sp³-hybridized carbons (Fsp3) is 0.188. The molecule has 2 nitrogen and oxygen atoms in total. The molecule has 0 aliphatic heterocycles. The van der Waals surface area contributed by atoms with Crippen LogP contribution in [0.4, 0.5) is 8.78 Å². The second-order valence-corrected chi connectivity index (χ2v) is 4.55. The quantitative estimate of drug-likeness (QED) is 0.904. The Morgan fingerprint density at radius 1 is 1.15 bits per heavy atom. The minimum Gasteiger partial charge on any atom is -0.478 e. The summed E-state index contributed by atoms with van der Waals surface area (Å²) in [6.45, 7) is 1.96. The van der Waals surface area contributed by atoms with Crippen molar-refractivity contribution in [1.29, 1.82) is 0 Å². The highest BCUT2D eigenvalue weighted by Gasteiger charge is 2.13. The number of benzene rings is 2. The van der Waals surface area contributed by atoms with Crippen molar-refractivity contribution < 1.29 is 18.7 Å². The molecule has 0 saturated carbocycles. The molecule has 0 amide bonds. The summed E-state index contributed by atoms with van der Waals surface area (Å²) in [6.07, 6.45) is 1.47. The zero-order chi connectivity index (χ0) is 14.7. The van der Waals surface area contributed by atoms with Gasteiger partial charge in [-0.15, -0.1) is 0 Å². The van der Waals surface area contributed by atoms with Gasteiger partial charge in [-0.3, -0.25) is 0 Å². The first-order chi connectivity index (χ1) is 9.52. The second kappa shape index (κ2) is 5.82. The van der Waals surface area contributed by atoms with E-state index in [1.54, 1.807) is 12.1 Å². The first-order valence-corrected chi connectivity index (χ1v) is 6.34. The standard InChI is InChI=1S/C16H14F2O2/c1-2-3-10-4-5-11(8-14(10)16(19)20)13-7-6-12(17)9-15(13)18/h4-9H,2-3H2,1H3,(H,19,20). The molecule has 0 unspecified atom stereocenters. The van der Waals surface area contributed by atoms with Crippen LogP contribution in [0.25, 0.3) is 11.1 Å². The predicted molar refractivity (Wildman–Crippen MR) is 72.7 cm³/mol. The highest BCUT2D eigenvalue weighted by molar-refractivity contribution is 5.91. The van der Waals surface area contributed by atoms with Crippen molar-refractivity contribution in [3.8, 4) is 11.1 Å². The van der Waals surface area contributed by atoms with Gasteiger partial charge in [-0.1, -0.05) is 25.5 Å². The van der Waals surface area contributed by atoms with Gasteiger partial charge in [-0.05, 0) is 35.7 Å². The molecule has 0 aromatic heterocycles. The Morgan fingerprint density at radius 2 is 1.90 bits per heavy atom. The molecular formula is C16H14F2O2. The van der Waals surface area contributed by atoms with Crippen molar-refractivity contribution in [3.05, 3.63) is 59.2 Å². The molecule has 0 heterocycles. The van der Waals surface area contributed by atoms with Gasteiger partial charge < -0.3 is 5.11 Å². The van der Waals surface area contributed by atoms with Gasteiger partial charge in [0.25, 0.3) is 0 Å². The first-order valence-electron chi connectivity index (χ1n) is 6.34. The van der Waals surface area contributed by atoms with E-state index in [9.17, 15) is 18.7 Å². The molecule has 4 heteroatoms. The smallest absolute Gasteiger partial charge is 0.335 e. The zero-order valence-corrected chi connectivity index (χ0v) is 11.0. The van der Waals surface area contributed by atoms with Crippen LogP contribution in [0.3, 0.4) is 0 Å². The maximum atomic E-state index is 13.7. The third-order valence-corrected chi connectivity index (χ3v) is 3.10. The molecular weight excluding hydrogens is 262 g/mol. The summed E-state index contributed by atoms with van der Waals surface area (Å²) in [7, 11) is 0. The lowest BCUT2D eigenvalue weighted by Gasteiger charge is -2.09. The zero-order valence-electron chi connectivity index (χ0n) is 11.0. The van der Waals surface area contributed by atoms with Gasteiger partial charge >= 0.3 is 5.97 Å². The van der Waals surface area contributed by atoms with Crippen LogP contribution in [0, 0.1) is 11.6 Å². The summed E-state index contributed by atoms with van der Waals surface area (Å²) >= 11 is 0. The summed E-state index contributed by atoms with van der Waals surface area (Å²) in [5.41, 5.74) is 1.50. The molecule has 104 valence electrons. The third-order valence-electron chi connectivity index (χ3n) is 3.10. The fourth-order valence-electron chi connectivity index (χ4n) is 2.15. The predicted octanol–water partition coefficient (Wildman–Crippen LogP) is 4.28. The Bertz CT molecular complexity index is 651. The van der Waals surface area contributed by atoms with Gasteiger partial charge in [0, 0.05) is 11.6 Å². The maximum absolute atomic E-state index is 13.7. The van der Waals surface area contributed by atoms with E-state index in [0.29, 0.717) is 17.5 Å². The number of hydrogen-bond donors (Lipinski definition) is 1. The van der Waals surface area contributed by atoms with Crippen molar-refractivity contribution in [3.63, 3.8) is 0 Å². The van der Waals surface area contributed by atoms with Crippen molar-refractivity contribution in [2.24, 2.45) is 0 Å². The van der Waals surface area contributed by atoms with E-state index < -0.39 is 17.6 Å². The van der Waals surface area contributed by atoms with E-state index in [1.807, 2.05) is 6.92 Å². The molecule has 0 spiro atoms. The summed E-state index contributed by atoms with van der Waals surface area (Å²) in [5, 5.41) is 9.22. The van der Waals surface area contributed by atoms with Gasteiger partial charge in [0.1, 0.15) is 11.6 Å². The normalized spacial score (nSPS) is 10.6. The summed E-state index contributed by atoms with van der Waals surface area (Å²) in [5.74, 6) is -2.41. The van der Waals surface area contributed by atoms with Gasteiger partial charge in [-0.25, -0.2) is 13.6 Å². The average molecular weight is 276 g/mol. The number of aromatic carboxylic acids is 1. The molecule has 0 bridgehead atoms. The molecule has 0 aliphatic carbocycles. The van der Waals surface area contributed by atoms with Crippen LogP contribution in [0.15, 0.2) is 36.4 Å². The topological polar surface area (TPSA) is 37.3 Å². The number of rotatable bonds is 4. The van der Waals surface area contributed by atoms with E-state index >= 15 is 0 Å². The molecule has 0 fully saturated rings. The van der Waals surface area contributed by atoms with E-state index in [1.165, 1.54) is 12.1 Å². The highest BCUT2D eigenvalue weighted by atomic mass is 19.1. The maximum Gasteiger partial charge on any atom is 0.335 e. The summed E-state index contributed by atoms with van der Waals surface area (Å²) in [6, 6.07) is 8.03. The van der Waals surface area contributed by atoms with Gasteiger partial charge in [0.15, 0.2) is 0 Å². The number of aryl methyl sites for hydroxylation is 1. The van der Waals surface area contributed by atoms with Crippen molar-refractivity contribution in [2.75, 3.05) is 0 Å². The number of carboxylic acids is 1. The Balaban J connectivity index is 2.53. The molecule has 0 saturated heterocycles. The lowest BCUT2D eigenvalue weighted by Crippen LogP contribution is -2.03. The number of hydrogen-bond acceptors (Lipinski definition) is 1. The molecule has 0 aliphatic rings. The second-order valence-electron chi connectivity index (χ2n) is 4.55. The van der Waals surface area contributed by atoms with Crippen molar-refractivity contribution in [2.45, 2.75) is 19.8 Å². The Kier molecular flexibility index (Phi) is 4.13. The number of halogens is 2. The largest absolute Gasteiger partial charge is 0.478 e. The fourth-order valence-corrected chi connectivity index (χ4v) is 2.15. The number of carbonyl (C=O) groups is 1. The highest BCUT2D eigenvalue weighted by Crippen LogP contribution is 2.26. The van der Waals surface area contributed by atoms with Crippen LogP contribution >= 0.6 is 0 Å². The Hall–Kier alpha value is -2.23. The molecule has 0 radical (unpaired) electrons. The monoisotopic (exact) mass is 276 g/mol. The first kappa shape index (κ1) is 14.2. The van der Waals surface area contributed by atoms with E-state index in [-0.39, 0.29) is 11.1 Å². The van der Waals surface area contributed by atoms with Crippen molar-refractivity contribution >= 4 is 5.97 Å². The third kappa shape index (κ3) is 2.85. The van der Waals surface area contributed by atoms with Crippen LogP contribution in [-0.4, -0.2) is 11.1 Å². The van der Waals surface area contributed by atoms with Crippen LogP contribution in [0.5, 0.6) is 0 Å². The summed E-state index contributed by atoms with van der Waals surface area (Å²) in [4.78, 5) is 11.3. The van der Waals surface area contributed by atoms with Crippen LogP contribution in [-0.2, 0) is 6.42 Å². The lowest BCUT2D eigenvalue weighted by atomic mass is 9.96. The van der Waals surface area contributed by atoms with E-state index in [2.05, 4.69) is 0 Å². The minimum absolute atomic E-state index is 0.160. The Labute approximate surface area is 115 Å². The average Bonchev–Trinajstić information content (AvgIpc) is 2.39. The van der Waals surface area contributed by atoms with Crippen molar-refractivity contribution in [1.82, 2.24) is 0 Å². The molecule has 0 atom stereocenters. The van der Waals surface area contributed by atoms with E-state index in [4.69, 9.17) is 0 Å². The lowest BCUT2D eigenvalue weighted by molar-refractivity contribution is 0.0695. The number of carboxylic acid groups (broad SMARTS) is 1. The molecule has 2 rings (SSSR count). The summed E-state index contributed by atoms with van der Waals surface area (Å²) < 4.78 is 26.6. The van der Waals surface area contributed by atoms with Crippen LogP contribution < -0.4 is 0 Å².